The van der Waals surface area contributed by atoms with Gasteiger partial charge in [-0.1, -0.05) is 18.2 Å². The van der Waals surface area contributed by atoms with Crippen LogP contribution in [-0.4, -0.2) is 15.9 Å². The fraction of sp³-hybridized carbons (Fsp3) is 0. The first-order valence-electron chi connectivity index (χ1n) is 6.96. The lowest BCUT2D eigenvalue weighted by atomic mass is 10.2. The van der Waals surface area contributed by atoms with Crippen molar-refractivity contribution in [2.24, 2.45) is 0 Å². The van der Waals surface area contributed by atoms with E-state index in [4.69, 9.17) is 4.42 Å². The minimum Gasteiger partial charge on any atom is -0.462 e. The van der Waals surface area contributed by atoms with E-state index in [-0.39, 0.29) is 5.91 Å². The molecule has 0 aliphatic rings. The molecule has 3 heterocycles. The van der Waals surface area contributed by atoms with E-state index in [1.54, 1.807) is 23.9 Å². The quantitative estimate of drug-likeness (QED) is 0.614. The summed E-state index contributed by atoms with van der Waals surface area (Å²) in [6.07, 6.45) is 3.29. The van der Waals surface area contributed by atoms with Gasteiger partial charge in [-0.15, -0.1) is 11.3 Å². The van der Waals surface area contributed by atoms with Crippen LogP contribution in [0.25, 0.3) is 21.7 Å². The Morgan fingerprint density at radius 3 is 2.91 bits per heavy atom. The largest absolute Gasteiger partial charge is 0.462 e. The molecule has 0 saturated heterocycles. The molecule has 0 bridgehead atoms. The maximum Gasteiger partial charge on any atom is 0.275 e. The Balaban J connectivity index is 1.62. The van der Waals surface area contributed by atoms with Crippen LogP contribution in [0.15, 0.2) is 64.7 Å². The first-order valence-corrected chi connectivity index (χ1v) is 7.84. The standard InChI is InChI=1S/C17H11N3O2S/c21-16(13-10-23-17(20-13)14-7-3-9-22-14)19-12-6-1-4-11-5-2-8-18-15(11)12/h1-10H,(H,19,21). The number of aromatic nitrogens is 2. The highest BCUT2D eigenvalue weighted by Gasteiger charge is 2.14. The maximum absolute atomic E-state index is 12.4. The Labute approximate surface area is 135 Å². The number of carbonyl (C=O) groups excluding carboxylic acids is 1. The number of thiazole rings is 1. The van der Waals surface area contributed by atoms with Gasteiger partial charge < -0.3 is 9.73 Å². The average molecular weight is 321 g/mol. The maximum atomic E-state index is 12.4. The molecule has 5 nitrogen and oxygen atoms in total. The fourth-order valence-electron chi connectivity index (χ4n) is 2.28. The number of pyridine rings is 1. The second-order valence-electron chi connectivity index (χ2n) is 4.85. The van der Waals surface area contributed by atoms with Gasteiger partial charge >= 0.3 is 0 Å². The molecule has 1 amide bonds. The minimum absolute atomic E-state index is 0.266. The third-order valence-electron chi connectivity index (χ3n) is 3.35. The SMILES string of the molecule is O=C(Nc1cccc2cccnc12)c1csc(-c2ccco2)n1. The Bertz CT molecular complexity index is 971. The molecule has 0 unspecified atom stereocenters. The molecule has 0 aliphatic carbocycles. The molecule has 112 valence electrons. The number of anilines is 1. The zero-order chi connectivity index (χ0) is 15.6. The van der Waals surface area contributed by atoms with E-state index in [0.29, 0.717) is 22.1 Å². The third-order valence-corrected chi connectivity index (χ3v) is 4.21. The highest BCUT2D eigenvalue weighted by Crippen LogP contribution is 2.25. The van der Waals surface area contributed by atoms with Gasteiger partial charge in [0.2, 0.25) is 0 Å². The summed E-state index contributed by atoms with van der Waals surface area (Å²) >= 11 is 1.37. The van der Waals surface area contributed by atoms with Gasteiger partial charge in [0.05, 0.1) is 17.5 Å². The number of rotatable bonds is 3. The summed E-state index contributed by atoms with van der Waals surface area (Å²) < 4.78 is 5.29. The number of benzene rings is 1. The highest BCUT2D eigenvalue weighted by atomic mass is 32.1. The van der Waals surface area contributed by atoms with Gasteiger partial charge in [-0.05, 0) is 24.3 Å². The molecule has 0 saturated carbocycles. The highest BCUT2D eigenvalue weighted by molar-refractivity contribution is 7.13. The van der Waals surface area contributed by atoms with E-state index in [2.05, 4.69) is 15.3 Å². The first-order chi connectivity index (χ1) is 11.3. The number of carbonyl (C=O) groups is 1. The van der Waals surface area contributed by atoms with Crippen molar-refractivity contribution in [1.29, 1.82) is 0 Å². The number of fused-ring (bicyclic) bond motifs is 1. The van der Waals surface area contributed by atoms with E-state index in [9.17, 15) is 4.79 Å². The van der Waals surface area contributed by atoms with Crippen LogP contribution in [0.5, 0.6) is 0 Å². The number of furan rings is 1. The monoisotopic (exact) mass is 321 g/mol. The van der Waals surface area contributed by atoms with E-state index in [1.165, 1.54) is 11.3 Å². The Kier molecular flexibility index (Phi) is 3.36. The lowest BCUT2D eigenvalue weighted by Crippen LogP contribution is -2.12. The molecule has 0 aliphatic heterocycles. The van der Waals surface area contributed by atoms with Gasteiger partial charge in [0.1, 0.15) is 5.69 Å². The molecule has 0 radical (unpaired) electrons. The molecule has 23 heavy (non-hydrogen) atoms. The molecule has 6 heteroatoms. The van der Waals surface area contributed by atoms with Crippen LogP contribution in [0.2, 0.25) is 0 Å². The van der Waals surface area contributed by atoms with Crippen molar-refractivity contribution in [2.75, 3.05) is 5.32 Å². The summed E-state index contributed by atoms with van der Waals surface area (Å²) in [6.45, 7) is 0. The molecular formula is C17H11N3O2S. The molecular weight excluding hydrogens is 310 g/mol. The predicted molar refractivity (Wildman–Crippen MR) is 89.5 cm³/mol. The van der Waals surface area contributed by atoms with Crippen molar-refractivity contribution in [3.8, 4) is 10.8 Å². The summed E-state index contributed by atoms with van der Waals surface area (Å²) in [5.41, 5.74) is 1.78. The second-order valence-corrected chi connectivity index (χ2v) is 5.71. The number of para-hydroxylation sites is 1. The van der Waals surface area contributed by atoms with Crippen LogP contribution in [0.1, 0.15) is 10.5 Å². The number of nitrogens with one attached hydrogen (secondary N) is 1. The van der Waals surface area contributed by atoms with E-state index in [1.807, 2.05) is 36.4 Å². The van der Waals surface area contributed by atoms with Crippen LogP contribution in [0.4, 0.5) is 5.69 Å². The lowest BCUT2D eigenvalue weighted by Gasteiger charge is -2.06. The summed E-state index contributed by atoms with van der Waals surface area (Å²) in [5, 5.41) is 6.24. The number of hydrogen-bond acceptors (Lipinski definition) is 5. The molecule has 4 aromatic rings. The van der Waals surface area contributed by atoms with Gasteiger partial charge in [-0.2, -0.15) is 0 Å². The number of amides is 1. The zero-order valence-electron chi connectivity index (χ0n) is 11.9. The molecule has 4 rings (SSSR count). The topological polar surface area (TPSA) is 68.0 Å². The van der Waals surface area contributed by atoms with Gasteiger partial charge in [0.15, 0.2) is 10.8 Å². The minimum atomic E-state index is -0.266. The van der Waals surface area contributed by atoms with Crippen LogP contribution in [-0.2, 0) is 0 Å². The van der Waals surface area contributed by atoms with Crippen LogP contribution < -0.4 is 5.32 Å². The van der Waals surface area contributed by atoms with Gasteiger partial charge in [0.25, 0.3) is 5.91 Å². The lowest BCUT2D eigenvalue weighted by molar-refractivity contribution is 0.102. The van der Waals surface area contributed by atoms with Crippen molar-refractivity contribution < 1.29 is 9.21 Å². The molecule has 1 N–H and O–H groups in total. The summed E-state index contributed by atoms with van der Waals surface area (Å²) in [5.74, 6) is 0.387. The smallest absolute Gasteiger partial charge is 0.275 e. The van der Waals surface area contributed by atoms with Crippen LogP contribution in [0, 0.1) is 0 Å². The van der Waals surface area contributed by atoms with Crippen molar-refractivity contribution in [3.05, 3.63) is 66.0 Å². The van der Waals surface area contributed by atoms with E-state index in [0.717, 1.165) is 10.9 Å². The molecule has 0 spiro atoms. The normalized spacial score (nSPS) is 10.8. The Morgan fingerprint density at radius 1 is 1.13 bits per heavy atom. The van der Waals surface area contributed by atoms with Gasteiger partial charge in [-0.3, -0.25) is 9.78 Å². The number of nitrogens with zero attached hydrogens (tertiary/aromatic N) is 2. The van der Waals surface area contributed by atoms with Crippen molar-refractivity contribution >= 4 is 33.8 Å². The number of hydrogen-bond donors (Lipinski definition) is 1. The van der Waals surface area contributed by atoms with Crippen molar-refractivity contribution in [2.45, 2.75) is 0 Å². The Hall–Kier alpha value is -2.99. The van der Waals surface area contributed by atoms with Crippen molar-refractivity contribution in [1.82, 2.24) is 9.97 Å². The third kappa shape index (κ3) is 2.60. The molecule has 0 fully saturated rings. The summed E-state index contributed by atoms with van der Waals surface area (Å²) in [6, 6.07) is 13.1. The van der Waals surface area contributed by atoms with E-state index >= 15 is 0 Å². The second kappa shape index (κ2) is 5.66. The summed E-state index contributed by atoms with van der Waals surface area (Å²) in [4.78, 5) is 21.1. The fourth-order valence-corrected chi connectivity index (χ4v) is 3.05. The van der Waals surface area contributed by atoms with Gasteiger partial charge in [0, 0.05) is 17.0 Å². The summed E-state index contributed by atoms with van der Waals surface area (Å²) in [7, 11) is 0. The molecule has 1 aromatic carbocycles. The van der Waals surface area contributed by atoms with Crippen molar-refractivity contribution in [3.63, 3.8) is 0 Å². The molecule has 3 aromatic heterocycles. The van der Waals surface area contributed by atoms with Gasteiger partial charge in [-0.25, -0.2) is 4.98 Å². The average Bonchev–Trinajstić information content (AvgIpc) is 3.26. The predicted octanol–water partition coefficient (Wildman–Crippen LogP) is 4.20. The Morgan fingerprint density at radius 2 is 2.04 bits per heavy atom. The first kappa shape index (κ1) is 13.7. The zero-order valence-corrected chi connectivity index (χ0v) is 12.7. The van der Waals surface area contributed by atoms with Crippen LogP contribution >= 0.6 is 11.3 Å². The van der Waals surface area contributed by atoms with Crippen LogP contribution in [0.3, 0.4) is 0 Å². The molecule has 0 atom stereocenters. The van der Waals surface area contributed by atoms with E-state index < -0.39 is 0 Å².